The minimum atomic E-state index is -1.02. The van der Waals surface area contributed by atoms with Crippen LogP contribution in [0.5, 0.6) is 0 Å². The van der Waals surface area contributed by atoms with Crippen LogP contribution < -0.4 is 0 Å². The summed E-state index contributed by atoms with van der Waals surface area (Å²) in [6.45, 7) is 1.94. The van der Waals surface area contributed by atoms with Gasteiger partial charge in [-0.3, -0.25) is 34.0 Å². The molecule has 0 aromatic carbocycles. The zero-order valence-electron chi connectivity index (χ0n) is 17.6. The van der Waals surface area contributed by atoms with E-state index in [0.29, 0.717) is 58.8 Å². The van der Waals surface area contributed by atoms with Gasteiger partial charge in [0.2, 0.25) is 0 Å². The number of hydrogen-bond donors (Lipinski definition) is 3. The number of nitrogens with zero attached hydrogens (tertiary/aromatic N) is 4. The highest BCUT2D eigenvalue weighted by Crippen LogP contribution is 2.07. The summed E-state index contributed by atoms with van der Waals surface area (Å²) >= 11 is 0. The molecule has 1 atom stereocenters. The molecule has 1 unspecified atom stereocenters. The Balaban J connectivity index is 3.02. The van der Waals surface area contributed by atoms with E-state index in [4.69, 9.17) is 5.11 Å². The number of rotatable bonds is 11. The molecular weight excluding hydrogens is 412 g/mol. The maximum Gasteiger partial charge on any atom is 0.317 e. The van der Waals surface area contributed by atoms with E-state index in [1.54, 1.807) is 14.7 Å². The van der Waals surface area contributed by atoms with Crippen molar-refractivity contribution >= 4 is 30.5 Å². The molecule has 0 aromatic heterocycles. The Bertz CT molecular complexity index is 586. The lowest BCUT2D eigenvalue weighted by molar-refractivity contribution is -0.140. The lowest BCUT2D eigenvalue weighted by atomic mass is 10.1. The molecule has 1 aliphatic heterocycles. The maximum absolute atomic E-state index is 11.6. The van der Waals surface area contributed by atoms with E-state index < -0.39 is 23.9 Å². The summed E-state index contributed by atoms with van der Waals surface area (Å²) in [7, 11) is 0. The third kappa shape index (κ3) is 11.5. The lowest BCUT2D eigenvalue weighted by Crippen LogP contribution is -2.50. The van der Waals surface area contributed by atoms with Crippen molar-refractivity contribution in [1.82, 2.24) is 19.6 Å². The Kier molecular flexibility index (Phi) is 12.5. The molecule has 12 heteroatoms. The second kappa shape index (κ2) is 14.6. The molecule has 1 aliphatic rings. The third-order valence-electron chi connectivity index (χ3n) is 5.15. The van der Waals surface area contributed by atoms with Crippen molar-refractivity contribution in [2.24, 2.45) is 0 Å². The number of carbonyl (C=O) groups excluding carboxylic acids is 2. The fraction of sp³-hybridized carbons (Fsp3) is 0.737. The highest BCUT2D eigenvalue weighted by Gasteiger charge is 2.23. The van der Waals surface area contributed by atoms with Gasteiger partial charge in [-0.15, -0.1) is 0 Å². The first-order valence-corrected chi connectivity index (χ1v) is 10.2. The van der Waals surface area contributed by atoms with Gasteiger partial charge in [0.15, 0.2) is 0 Å². The van der Waals surface area contributed by atoms with Crippen molar-refractivity contribution in [3.05, 3.63) is 0 Å². The van der Waals surface area contributed by atoms with E-state index in [1.165, 1.54) is 0 Å². The van der Waals surface area contributed by atoms with Crippen molar-refractivity contribution in [2.75, 3.05) is 72.0 Å². The Morgan fingerprint density at radius 1 is 0.677 bits per heavy atom. The van der Waals surface area contributed by atoms with E-state index in [1.807, 2.05) is 4.90 Å². The van der Waals surface area contributed by atoms with E-state index in [0.717, 1.165) is 12.6 Å². The molecule has 1 fully saturated rings. The minimum absolute atomic E-state index is 0.210. The molecule has 1 rings (SSSR count). The first-order chi connectivity index (χ1) is 14.7. The largest absolute Gasteiger partial charge is 0.480 e. The van der Waals surface area contributed by atoms with Crippen LogP contribution in [0.3, 0.4) is 0 Å². The van der Waals surface area contributed by atoms with Gasteiger partial charge in [-0.1, -0.05) is 0 Å². The molecule has 0 amide bonds. The predicted octanol–water partition coefficient (Wildman–Crippen LogP) is -1.99. The molecule has 0 spiro atoms. The van der Waals surface area contributed by atoms with Crippen molar-refractivity contribution in [3.63, 3.8) is 0 Å². The molecule has 0 bridgehead atoms. The summed E-state index contributed by atoms with van der Waals surface area (Å²) in [6.07, 6.45) is 2.03. The normalized spacial score (nSPS) is 19.6. The van der Waals surface area contributed by atoms with Gasteiger partial charge in [-0.05, 0) is 6.42 Å². The van der Waals surface area contributed by atoms with Crippen molar-refractivity contribution in [1.29, 1.82) is 0 Å². The highest BCUT2D eigenvalue weighted by atomic mass is 16.4. The molecule has 0 radical (unpaired) electrons. The Morgan fingerprint density at radius 3 is 1.32 bits per heavy atom. The smallest absolute Gasteiger partial charge is 0.317 e. The standard InChI is InChI=1S/C19H32N4O8/c24-11-1-2-16(15-25)23-9-7-21(13-18(28)29)5-3-20(12-17(26)27)4-6-22(8-10-23)14-19(30)31/h11,15-16H,1-10,12-14H2,(H,26,27)(H,28,29)(H,30,31). The molecule has 0 aliphatic carbocycles. The van der Waals surface area contributed by atoms with Gasteiger partial charge in [0.1, 0.15) is 12.6 Å². The summed E-state index contributed by atoms with van der Waals surface area (Å²) in [5, 5.41) is 27.6. The monoisotopic (exact) mass is 444 g/mol. The highest BCUT2D eigenvalue weighted by molar-refractivity contribution is 5.70. The third-order valence-corrected chi connectivity index (χ3v) is 5.15. The average Bonchev–Trinajstić information content (AvgIpc) is 2.68. The van der Waals surface area contributed by atoms with Gasteiger partial charge in [0, 0.05) is 58.8 Å². The van der Waals surface area contributed by atoms with E-state index in [9.17, 15) is 34.2 Å². The van der Waals surface area contributed by atoms with Gasteiger partial charge in [-0.25, -0.2) is 0 Å². The predicted molar refractivity (Wildman–Crippen MR) is 109 cm³/mol. The quantitative estimate of drug-likeness (QED) is 0.302. The molecule has 3 N–H and O–H groups in total. The van der Waals surface area contributed by atoms with Crippen LogP contribution in [-0.2, 0) is 24.0 Å². The summed E-state index contributed by atoms with van der Waals surface area (Å²) in [5.74, 6) is -3.04. The minimum Gasteiger partial charge on any atom is -0.480 e. The van der Waals surface area contributed by atoms with E-state index in [2.05, 4.69) is 0 Å². The number of carboxylic acid groups (broad SMARTS) is 3. The zero-order chi connectivity index (χ0) is 23.2. The van der Waals surface area contributed by atoms with Gasteiger partial charge >= 0.3 is 17.9 Å². The fourth-order valence-electron chi connectivity index (χ4n) is 3.51. The van der Waals surface area contributed by atoms with Crippen molar-refractivity contribution < 1.29 is 39.3 Å². The SMILES string of the molecule is O=CCCC(C=O)N1CCN(CC(=O)O)CCN(CC(=O)O)CCN(CC(=O)O)CC1. The first kappa shape index (κ1) is 26.6. The number of carboxylic acids is 3. The van der Waals surface area contributed by atoms with Gasteiger partial charge in [-0.2, -0.15) is 0 Å². The molecular formula is C19H32N4O8. The van der Waals surface area contributed by atoms with Crippen LogP contribution in [0.25, 0.3) is 0 Å². The van der Waals surface area contributed by atoms with Crippen LogP contribution in [0, 0.1) is 0 Å². The molecule has 0 aromatic rings. The second-order valence-corrected chi connectivity index (χ2v) is 7.49. The second-order valence-electron chi connectivity index (χ2n) is 7.49. The molecule has 1 saturated heterocycles. The van der Waals surface area contributed by atoms with Crippen molar-refractivity contribution in [3.8, 4) is 0 Å². The Hall–Kier alpha value is -2.41. The Morgan fingerprint density at radius 2 is 1.03 bits per heavy atom. The van der Waals surface area contributed by atoms with Crippen LogP contribution >= 0.6 is 0 Å². The van der Waals surface area contributed by atoms with Gasteiger partial charge in [0.05, 0.1) is 25.7 Å². The van der Waals surface area contributed by atoms with Crippen LogP contribution in [-0.4, -0.2) is 143 Å². The van der Waals surface area contributed by atoms with Gasteiger partial charge in [0.25, 0.3) is 0 Å². The number of aliphatic carboxylic acids is 3. The average molecular weight is 444 g/mol. The van der Waals surface area contributed by atoms with Crippen LogP contribution in [0.2, 0.25) is 0 Å². The number of aldehydes is 2. The van der Waals surface area contributed by atoms with Crippen molar-refractivity contribution in [2.45, 2.75) is 18.9 Å². The summed E-state index contributed by atoms with van der Waals surface area (Å²) in [5.41, 5.74) is 0. The number of hydrogen-bond acceptors (Lipinski definition) is 9. The molecule has 176 valence electrons. The molecule has 31 heavy (non-hydrogen) atoms. The first-order valence-electron chi connectivity index (χ1n) is 10.2. The van der Waals surface area contributed by atoms with Gasteiger partial charge < -0.3 is 24.9 Å². The topological polar surface area (TPSA) is 159 Å². The lowest BCUT2D eigenvalue weighted by Gasteiger charge is -2.35. The molecule has 12 nitrogen and oxygen atoms in total. The molecule has 0 saturated carbocycles. The summed E-state index contributed by atoms with van der Waals surface area (Å²) < 4.78 is 0. The summed E-state index contributed by atoms with van der Waals surface area (Å²) in [4.78, 5) is 62.9. The summed E-state index contributed by atoms with van der Waals surface area (Å²) in [6, 6.07) is -0.532. The van der Waals surface area contributed by atoms with E-state index >= 15 is 0 Å². The zero-order valence-corrected chi connectivity index (χ0v) is 17.6. The van der Waals surface area contributed by atoms with Crippen LogP contribution in [0.4, 0.5) is 0 Å². The fourth-order valence-corrected chi connectivity index (χ4v) is 3.51. The maximum atomic E-state index is 11.6. The van der Waals surface area contributed by atoms with Crippen LogP contribution in [0.1, 0.15) is 12.8 Å². The van der Waals surface area contributed by atoms with E-state index in [-0.39, 0.29) is 26.1 Å². The van der Waals surface area contributed by atoms with Crippen LogP contribution in [0.15, 0.2) is 0 Å². The Labute approximate surface area is 181 Å². The number of carbonyl (C=O) groups is 5. The molecule has 1 heterocycles.